The molecule has 0 aliphatic rings. The minimum atomic E-state index is -1.06. The predicted molar refractivity (Wildman–Crippen MR) is 59.1 cm³/mol. The highest BCUT2D eigenvalue weighted by Gasteiger charge is 2.17. The molecule has 0 radical (unpaired) electrons. The minimum Gasteiger partial charge on any atom is -0.494 e. The number of benzene rings is 1. The van der Waals surface area contributed by atoms with Crippen molar-refractivity contribution in [1.29, 1.82) is 0 Å². The van der Waals surface area contributed by atoms with Crippen LogP contribution in [0.1, 0.15) is 16.8 Å². The Morgan fingerprint density at radius 2 is 2.12 bits per heavy atom. The minimum absolute atomic E-state index is 0.0424. The van der Waals surface area contributed by atoms with Crippen molar-refractivity contribution in [3.8, 4) is 5.75 Å². The number of halogens is 1. The van der Waals surface area contributed by atoms with Crippen LogP contribution in [0.15, 0.2) is 18.2 Å². The van der Waals surface area contributed by atoms with Crippen LogP contribution in [0, 0.1) is 5.82 Å². The zero-order valence-electron chi connectivity index (χ0n) is 9.27. The second-order valence-corrected chi connectivity index (χ2v) is 3.49. The summed E-state index contributed by atoms with van der Waals surface area (Å²) in [6.07, 6.45) is -0.249. The number of hydrogen-bond donors (Lipinski definition) is 2. The number of carbonyl (C=O) groups is 2. The lowest BCUT2D eigenvalue weighted by molar-refractivity contribution is -0.119. The summed E-state index contributed by atoms with van der Waals surface area (Å²) in [5, 5.41) is 0. The molecule has 0 saturated heterocycles. The first-order valence-corrected chi connectivity index (χ1v) is 4.87. The van der Waals surface area contributed by atoms with Crippen molar-refractivity contribution in [3.63, 3.8) is 0 Å². The van der Waals surface area contributed by atoms with Crippen LogP contribution in [0.25, 0.3) is 0 Å². The lowest BCUT2D eigenvalue weighted by Crippen LogP contribution is -2.38. The van der Waals surface area contributed by atoms with Crippen LogP contribution in [0.2, 0.25) is 0 Å². The van der Waals surface area contributed by atoms with Gasteiger partial charge >= 0.3 is 0 Å². The molecule has 1 aromatic carbocycles. The molecule has 0 aliphatic carbocycles. The molecule has 1 amide bonds. The molecular formula is C11H13FN2O3. The van der Waals surface area contributed by atoms with Gasteiger partial charge < -0.3 is 16.2 Å². The number of rotatable bonds is 5. The van der Waals surface area contributed by atoms with Gasteiger partial charge in [-0.15, -0.1) is 0 Å². The van der Waals surface area contributed by atoms with Crippen LogP contribution in [0.5, 0.6) is 5.75 Å². The van der Waals surface area contributed by atoms with E-state index in [4.69, 9.17) is 16.2 Å². The molecule has 1 atom stereocenters. The van der Waals surface area contributed by atoms with Crippen molar-refractivity contribution in [1.82, 2.24) is 0 Å². The van der Waals surface area contributed by atoms with Crippen LogP contribution in [0.3, 0.4) is 0 Å². The summed E-state index contributed by atoms with van der Waals surface area (Å²) in [5.74, 6) is -1.82. The lowest BCUT2D eigenvalue weighted by atomic mass is 10.0. The zero-order valence-corrected chi connectivity index (χ0v) is 9.27. The number of methoxy groups -OCH3 is 1. The predicted octanol–water partition coefficient (Wildman–Crippen LogP) is 0.220. The molecule has 1 rings (SSSR count). The Labute approximate surface area is 97.5 Å². The van der Waals surface area contributed by atoms with Crippen molar-refractivity contribution in [2.45, 2.75) is 12.5 Å². The van der Waals surface area contributed by atoms with Crippen molar-refractivity contribution >= 4 is 11.7 Å². The molecule has 0 fully saturated rings. The smallest absolute Gasteiger partial charge is 0.234 e. The molecule has 0 spiro atoms. The highest BCUT2D eigenvalue weighted by atomic mass is 19.1. The van der Waals surface area contributed by atoms with Gasteiger partial charge in [-0.05, 0) is 18.2 Å². The summed E-state index contributed by atoms with van der Waals surface area (Å²) in [7, 11) is 1.32. The number of primary amides is 1. The highest BCUT2D eigenvalue weighted by molar-refractivity contribution is 5.99. The SMILES string of the molecule is COc1ccc(C(=O)CC(N)C(N)=O)cc1F. The topological polar surface area (TPSA) is 95.4 Å². The van der Waals surface area contributed by atoms with Crippen LogP contribution < -0.4 is 16.2 Å². The molecule has 5 nitrogen and oxygen atoms in total. The van der Waals surface area contributed by atoms with Crippen molar-refractivity contribution < 1.29 is 18.7 Å². The molecule has 0 bridgehead atoms. The van der Waals surface area contributed by atoms with E-state index in [1.54, 1.807) is 0 Å². The number of ketones is 1. The van der Waals surface area contributed by atoms with E-state index < -0.39 is 23.5 Å². The van der Waals surface area contributed by atoms with Crippen molar-refractivity contribution in [2.24, 2.45) is 11.5 Å². The number of hydrogen-bond acceptors (Lipinski definition) is 4. The highest BCUT2D eigenvalue weighted by Crippen LogP contribution is 2.18. The van der Waals surface area contributed by atoms with Gasteiger partial charge in [-0.3, -0.25) is 9.59 Å². The Balaban J connectivity index is 2.83. The number of carbonyl (C=O) groups excluding carboxylic acids is 2. The van der Waals surface area contributed by atoms with Gasteiger partial charge in [0.1, 0.15) is 0 Å². The van der Waals surface area contributed by atoms with E-state index in [9.17, 15) is 14.0 Å². The Kier molecular flexibility index (Phi) is 4.17. The average molecular weight is 240 g/mol. The Morgan fingerprint density at radius 3 is 2.59 bits per heavy atom. The maximum Gasteiger partial charge on any atom is 0.234 e. The second kappa shape index (κ2) is 5.40. The monoisotopic (exact) mass is 240 g/mol. The van der Waals surface area contributed by atoms with Gasteiger partial charge in [-0.2, -0.15) is 0 Å². The van der Waals surface area contributed by atoms with E-state index >= 15 is 0 Å². The third-order valence-corrected chi connectivity index (χ3v) is 2.24. The third kappa shape index (κ3) is 3.25. The van der Waals surface area contributed by atoms with Gasteiger partial charge in [0.25, 0.3) is 0 Å². The number of nitrogens with two attached hydrogens (primary N) is 2. The fourth-order valence-electron chi connectivity index (χ4n) is 1.26. The Hall–Kier alpha value is -1.95. The van der Waals surface area contributed by atoms with Crippen molar-refractivity contribution in [3.05, 3.63) is 29.6 Å². The first kappa shape index (κ1) is 13.1. The molecular weight excluding hydrogens is 227 g/mol. The molecule has 6 heteroatoms. The number of Topliss-reactive ketones (excluding diaryl/α,β-unsaturated/α-hetero) is 1. The molecule has 0 aromatic heterocycles. The molecule has 0 heterocycles. The fraction of sp³-hybridized carbons (Fsp3) is 0.273. The van der Waals surface area contributed by atoms with Crippen LogP contribution in [0.4, 0.5) is 4.39 Å². The molecule has 4 N–H and O–H groups in total. The second-order valence-electron chi connectivity index (χ2n) is 3.49. The fourth-order valence-corrected chi connectivity index (χ4v) is 1.26. The number of amides is 1. The summed E-state index contributed by atoms with van der Waals surface area (Å²) in [6.45, 7) is 0. The summed E-state index contributed by atoms with van der Waals surface area (Å²) in [4.78, 5) is 22.3. The number of ether oxygens (including phenoxy) is 1. The van der Waals surface area contributed by atoms with Crippen molar-refractivity contribution in [2.75, 3.05) is 7.11 Å². The largest absolute Gasteiger partial charge is 0.494 e. The van der Waals surface area contributed by atoms with Crippen LogP contribution in [-0.2, 0) is 4.79 Å². The first-order valence-electron chi connectivity index (χ1n) is 4.87. The van der Waals surface area contributed by atoms with E-state index in [0.717, 1.165) is 6.07 Å². The van der Waals surface area contributed by atoms with E-state index in [0.29, 0.717) is 0 Å². The molecule has 92 valence electrons. The summed E-state index contributed by atoms with van der Waals surface area (Å²) in [5.41, 5.74) is 10.4. The summed E-state index contributed by atoms with van der Waals surface area (Å²) < 4.78 is 18.0. The molecule has 17 heavy (non-hydrogen) atoms. The zero-order chi connectivity index (χ0) is 13.0. The van der Waals surface area contributed by atoms with Gasteiger partial charge in [0.2, 0.25) is 5.91 Å². The Morgan fingerprint density at radius 1 is 1.47 bits per heavy atom. The standard InChI is InChI=1S/C11H13FN2O3/c1-17-10-3-2-6(4-7(10)12)9(15)5-8(13)11(14)16/h2-4,8H,5,13H2,1H3,(H2,14,16). The first-order chi connectivity index (χ1) is 7.95. The van der Waals surface area contributed by atoms with Gasteiger partial charge in [-0.1, -0.05) is 0 Å². The molecule has 1 unspecified atom stereocenters. The molecule has 0 saturated carbocycles. The molecule has 1 aromatic rings. The normalized spacial score (nSPS) is 11.9. The maximum atomic E-state index is 13.3. The van der Waals surface area contributed by atoms with Crippen LogP contribution in [-0.4, -0.2) is 24.8 Å². The van der Waals surface area contributed by atoms with Gasteiger partial charge in [0.15, 0.2) is 17.3 Å². The van der Waals surface area contributed by atoms with Gasteiger partial charge in [0, 0.05) is 12.0 Å². The summed E-state index contributed by atoms with van der Waals surface area (Å²) >= 11 is 0. The third-order valence-electron chi connectivity index (χ3n) is 2.24. The Bertz CT molecular complexity index is 448. The quantitative estimate of drug-likeness (QED) is 0.719. The lowest BCUT2D eigenvalue weighted by Gasteiger charge is -2.07. The van der Waals surface area contributed by atoms with Gasteiger partial charge in [-0.25, -0.2) is 4.39 Å². The van der Waals surface area contributed by atoms with E-state index in [1.165, 1.54) is 19.2 Å². The average Bonchev–Trinajstić information content (AvgIpc) is 2.28. The van der Waals surface area contributed by atoms with E-state index in [1.807, 2.05) is 0 Å². The van der Waals surface area contributed by atoms with E-state index in [2.05, 4.69) is 0 Å². The van der Waals surface area contributed by atoms with E-state index in [-0.39, 0.29) is 17.7 Å². The molecule has 0 aliphatic heterocycles. The summed E-state index contributed by atoms with van der Waals surface area (Å²) in [6, 6.07) is 2.71. The van der Waals surface area contributed by atoms with Gasteiger partial charge in [0.05, 0.1) is 13.2 Å². The maximum absolute atomic E-state index is 13.3. The van der Waals surface area contributed by atoms with Crippen LogP contribution >= 0.6 is 0 Å².